The van der Waals surface area contributed by atoms with Crippen molar-refractivity contribution < 1.29 is 4.58 Å². The quantitative estimate of drug-likeness (QED) is 0.414. The van der Waals surface area contributed by atoms with E-state index in [0.717, 1.165) is 6.54 Å². The summed E-state index contributed by atoms with van der Waals surface area (Å²) in [5, 5.41) is 0. The first-order valence-electron chi connectivity index (χ1n) is 3.11. The van der Waals surface area contributed by atoms with Gasteiger partial charge in [0.25, 0.3) is 0 Å². The number of likely N-dealkylation sites (N-methyl/N-ethyl adjacent to an activating group) is 1. The molecule has 0 aromatic heterocycles. The topological polar surface area (TPSA) is 3.01 Å². The molecule has 1 heterocycles. The predicted molar refractivity (Wildman–Crippen MR) is 67.1 cm³/mol. The third-order valence-electron chi connectivity index (χ3n) is 0.870. The van der Waals surface area contributed by atoms with Gasteiger partial charge in [-0.1, -0.05) is 0 Å². The molecule has 1 aliphatic heterocycles. The number of allylic oxidation sites excluding steroid dienone is 1. The number of nitrogens with zero attached hydrogens (tertiary/aromatic N) is 1. The predicted octanol–water partition coefficient (Wildman–Crippen LogP) is 4.03. The first-order valence-corrected chi connectivity index (χ1v) is 22.5. The molecule has 1 rings (SSSR count). The Kier molecular flexibility index (Phi) is 4.71. The third kappa shape index (κ3) is 24.9. The van der Waals surface area contributed by atoms with Crippen molar-refractivity contribution in [3.63, 3.8) is 0 Å². The van der Waals surface area contributed by atoms with Crippen LogP contribution in [0.5, 0.6) is 0 Å². The molecule has 0 saturated carbocycles. The average molecular weight is 417 g/mol. The summed E-state index contributed by atoms with van der Waals surface area (Å²) in [6.07, 6.45) is 6.24. The Morgan fingerprint density at radius 2 is 1.46 bits per heavy atom. The SMILES string of the molecule is C[N+]1=CC=CC1.[Cl][Sb-]([Cl])([Cl])([Cl])([Cl])[Cl]. The van der Waals surface area contributed by atoms with E-state index < -0.39 is 9.14 Å². The van der Waals surface area contributed by atoms with E-state index >= 15 is 0 Å². The van der Waals surface area contributed by atoms with Crippen LogP contribution < -0.4 is 0 Å². The second kappa shape index (κ2) is 4.09. The molecule has 0 atom stereocenters. The molecule has 1 nitrogen and oxygen atoms in total. The van der Waals surface area contributed by atoms with E-state index in [1.54, 1.807) is 0 Å². The molecule has 0 amide bonds. The van der Waals surface area contributed by atoms with Crippen LogP contribution in [0.2, 0.25) is 0 Å². The van der Waals surface area contributed by atoms with Crippen LogP contribution >= 0.6 is 53.0 Å². The van der Waals surface area contributed by atoms with Gasteiger partial charge in [-0.25, -0.2) is 4.58 Å². The summed E-state index contributed by atoms with van der Waals surface area (Å²) in [6, 6.07) is 0. The summed E-state index contributed by atoms with van der Waals surface area (Å²) in [7, 11) is 27.0. The summed E-state index contributed by atoms with van der Waals surface area (Å²) in [5.41, 5.74) is 0. The van der Waals surface area contributed by atoms with Gasteiger partial charge in [0, 0.05) is 6.08 Å². The molecule has 0 fully saturated rings. The van der Waals surface area contributed by atoms with Crippen LogP contribution in [0.25, 0.3) is 0 Å². The van der Waals surface area contributed by atoms with Crippen molar-refractivity contribution in [2.45, 2.75) is 0 Å². The van der Waals surface area contributed by atoms with Crippen molar-refractivity contribution in [2.75, 3.05) is 13.6 Å². The Bertz CT molecular complexity index is 234. The Balaban J connectivity index is 0.000000223. The van der Waals surface area contributed by atoms with Crippen LogP contribution in [0.15, 0.2) is 12.2 Å². The molecule has 0 unspecified atom stereocenters. The average Bonchev–Trinajstić information content (AvgIpc) is 2.07. The van der Waals surface area contributed by atoms with Gasteiger partial charge in [-0.3, -0.25) is 0 Å². The molecule has 0 radical (unpaired) electrons. The Morgan fingerprint density at radius 1 is 1.08 bits per heavy atom. The van der Waals surface area contributed by atoms with Gasteiger partial charge in [0.1, 0.15) is 7.05 Å². The first kappa shape index (κ1) is 15.0. The van der Waals surface area contributed by atoms with Crippen LogP contribution in [0.3, 0.4) is 0 Å². The molecule has 0 aromatic rings. The van der Waals surface area contributed by atoms with E-state index in [4.69, 9.17) is 53.0 Å². The van der Waals surface area contributed by atoms with Gasteiger partial charge in [0.15, 0.2) is 12.8 Å². The summed E-state index contributed by atoms with van der Waals surface area (Å²) >= 11 is 0. The van der Waals surface area contributed by atoms with E-state index in [9.17, 15) is 0 Å². The Labute approximate surface area is 97.3 Å². The van der Waals surface area contributed by atoms with Crippen molar-refractivity contribution in [3.05, 3.63) is 12.2 Å². The molecule has 0 aliphatic carbocycles. The summed E-state index contributed by atoms with van der Waals surface area (Å²) in [5.74, 6) is 0. The van der Waals surface area contributed by atoms with E-state index in [2.05, 4.69) is 30.0 Å². The van der Waals surface area contributed by atoms with Gasteiger partial charge in [0.2, 0.25) is 0 Å². The zero-order valence-electron chi connectivity index (χ0n) is 6.60. The van der Waals surface area contributed by atoms with Crippen LogP contribution in [0, 0.1) is 0 Å². The second-order valence-corrected chi connectivity index (χ2v) is 59.4. The molecule has 0 spiro atoms. The summed E-state index contributed by atoms with van der Waals surface area (Å²) in [4.78, 5) is 0. The monoisotopic (exact) mass is 413 g/mol. The molecule has 0 aromatic carbocycles. The van der Waals surface area contributed by atoms with Crippen LogP contribution in [-0.2, 0) is 0 Å². The van der Waals surface area contributed by atoms with Crippen molar-refractivity contribution in [3.8, 4) is 0 Å². The molecule has 0 bridgehead atoms. The zero-order chi connectivity index (χ0) is 10.8. The maximum absolute atomic E-state index is 5.42. The molecule has 1 aliphatic rings. The van der Waals surface area contributed by atoms with E-state index in [0.29, 0.717) is 0 Å². The van der Waals surface area contributed by atoms with Gasteiger partial charge in [-0.05, 0) is 6.08 Å². The molecule has 80 valence electrons. The van der Waals surface area contributed by atoms with Crippen molar-refractivity contribution in [1.82, 2.24) is 0 Å². The van der Waals surface area contributed by atoms with Crippen molar-refractivity contribution in [1.29, 1.82) is 0 Å². The number of hydrogen-bond donors (Lipinski definition) is 0. The Hall–Kier alpha value is 1.97. The van der Waals surface area contributed by atoms with Crippen molar-refractivity contribution >= 4 is 68.3 Å². The van der Waals surface area contributed by atoms with Gasteiger partial charge < -0.3 is 0 Å². The Morgan fingerprint density at radius 3 is 1.54 bits per heavy atom. The molecule has 8 heteroatoms. The minimum absolute atomic E-state index is 1.08. The molecule has 0 saturated heterocycles. The van der Waals surface area contributed by atoms with E-state index in [1.807, 2.05) is 0 Å². The zero-order valence-corrected chi connectivity index (χ0v) is 13.7. The number of hydrogen-bond acceptors (Lipinski definition) is 0. The fourth-order valence-corrected chi connectivity index (χ4v) is 0.496. The van der Waals surface area contributed by atoms with E-state index in [-0.39, 0.29) is 0 Å². The fourth-order valence-electron chi connectivity index (χ4n) is 0.496. The summed E-state index contributed by atoms with van der Waals surface area (Å²) < 4.78 is 2.12. The molecule has 13 heavy (non-hydrogen) atoms. The van der Waals surface area contributed by atoms with Crippen LogP contribution in [0.4, 0.5) is 0 Å². The minimum atomic E-state index is -5.42. The second-order valence-electron chi connectivity index (χ2n) is 2.48. The van der Waals surface area contributed by atoms with E-state index in [1.165, 1.54) is 0 Å². The number of rotatable bonds is 0. The van der Waals surface area contributed by atoms with Crippen molar-refractivity contribution in [2.24, 2.45) is 0 Å². The normalized spacial score (nSPS) is 21.0. The summed E-state index contributed by atoms with van der Waals surface area (Å²) in [6.45, 7) is 1.08. The first-order chi connectivity index (χ1) is 5.34. The third-order valence-corrected chi connectivity index (χ3v) is 0.870. The maximum atomic E-state index is 5.06. The molecular weight excluding hydrogens is 409 g/mol. The van der Waals surface area contributed by atoms with Gasteiger partial charge in [-0.15, -0.1) is 0 Å². The standard InChI is InChI=1S/C5H8N.6ClH.Sb/c1-6-4-2-3-5-6;;;;;;;/h2-4H,5H2,1H3;6*1H;/q+1;;;;;;;+5/p-6. The van der Waals surface area contributed by atoms with Gasteiger partial charge >= 0.3 is 62.1 Å². The molecular formula is C5H8Cl6NSb. The van der Waals surface area contributed by atoms with Crippen LogP contribution in [0.1, 0.15) is 0 Å². The molecule has 0 N–H and O–H groups in total. The van der Waals surface area contributed by atoms with Gasteiger partial charge in [0.05, 0.1) is 0 Å². The van der Waals surface area contributed by atoms with Gasteiger partial charge in [-0.2, -0.15) is 0 Å². The number of halogens is 6. The van der Waals surface area contributed by atoms with Crippen LogP contribution in [-0.4, -0.2) is 33.5 Å². The fraction of sp³-hybridized carbons (Fsp3) is 0.400.